The van der Waals surface area contributed by atoms with Crippen LogP contribution in [-0.2, 0) is 6.42 Å². The van der Waals surface area contributed by atoms with Gasteiger partial charge in [-0.3, -0.25) is 0 Å². The molecule has 0 spiro atoms. The molecular weight excluding hydrogens is 252 g/mol. The highest BCUT2D eigenvalue weighted by Gasteiger charge is 2.21. The first kappa shape index (κ1) is 11.2. The van der Waals surface area contributed by atoms with Crippen molar-refractivity contribution in [1.29, 1.82) is 0 Å². The van der Waals surface area contributed by atoms with Crippen molar-refractivity contribution in [3.8, 4) is 10.6 Å². The quantitative estimate of drug-likeness (QED) is 0.851. The van der Waals surface area contributed by atoms with E-state index in [-0.39, 0.29) is 6.04 Å². The summed E-state index contributed by atoms with van der Waals surface area (Å²) in [7, 11) is 0. The summed E-state index contributed by atoms with van der Waals surface area (Å²) in [5.41, 5.74) is 8.43. The third-order valence-electron chi connectivity index (χ3n) is 3.08. The fourth-order valence-corrected chi connectivity index (χ4v) is 3.45. The number of halogens is 1. The van der Waals surface area contributed by atoms with Crippen molar-refractivity contribution >= 4 is 22.9 Å². The number of thiazole rings is 1. The van der Waals surface area contributed by atoms with E-state index in [0.717, 1.165) is 34.9 Å². The van der Waals surface area contributed by atoms with E-state index < -0.39 is 0 Å². The van der Waals surface area contributed by atoms with Gasteiger partial charge in [0.05, 0.1) is 5.69 Å². The Morgan fingerprint density at radius 1 is 1.29 bits per heavy atom. The molecule has 1 unspecified atom stereocenters. The number of fused-ring (bicyclic) bond motifs is 1. The highest BCUT2D eigenvalue weighted by atomic mass is 35.5. The Kier molecular flexibility index (Phi) is 2.90. The molecule has 1 aromatic heterocycles. The maximum atomic E-state index is 6.11. The Morgan fingerprint density at radius 3 is 2.76 bits per heavy atom. The van der Waals surface area contributed by atoms with E-state index in [4.69, 9.17) is 22.3 Å². The number of nitrogens with two attached hydrogens (primary N) is 1. The number of benzene rings is 1. The van der Waals surface area contributed by atoms with Crippen LogP contribution in [0.5, 0.6) is 0 Å². The summed E-state index contributed by atoms with van der Waals surface area (Å²) in [6.45, 7) is 0. The van der Waals surface area contributed by atoms with Gasteiger partial charge in [-0.2, -0.15) is 0 Å². The Bertz CT molecular complexity index is 533. The molecule has 0 radical (unpaired) electrons. The molecule has 1 aliphatic carbocycles. The monoisotopic (exact) mass is 264 g/mol. The lowest BCUT2D eigenvalue weighted by Crippen LogP contribution is -2.15. The summed E-state index contributed by atoms with van der Waals surface area (Å²) in [4.78, 5) is 5.96. The summed E-state index contributed by atoms with van der Waals surface area (Å²) in [6, 6.07) is 8.00. The van der Waals surface area contributed by atoms with Crippen LogP contribution in [0.15, 0.2) is 24.3 Å². The normalized spacial score (nSPS) is 19.1. The van der Waals surface area contributed by atoms with Gasteiger partial charge in [0.1, 0.15) is 5.01 Å². The molecule has 3 rings (SSSR count). The number of aryl methyl sites for hydroxylation is 1. The molecule has 2 aromatic rings. The van der Waals surface area contributed by atoms with E-state index in [1.165, 1.54) is 10.6 Å². The second-order valence-corrected chi connectivity index (χ2v) is 5.80. The van der Waals surface area contributed by atoms with E-state index >= 15 is 0 Å². The van der Waals surface area contributed by atoms with E-state index in [0.29, 0.717) is 0 Å². The largest absolute Gasteiger partial charge is 0.323 e. The molecule has 0 aliphatic heterocycles. The number of nitrogens with zero attached hydrogens (tertiary/aromatic N) is 1. The average Bonchev–Trinajstić information content (AvgIpc) is 2.75. The molecule has 0 saturated heterocycles. The van der Waals surface area contributed by atoms with Crippen molar-refractivity contribution in [2.24, 2.45) is 5.73 Å². The first-order valence-corrected chi connectivity index (χ1v) is 6.94. The van der Waals surface area contributed by atoms with Crippen molar-refractivity contribution in [3.05, 3.63) is 39.9 Å². The van der Waals surface area contributed by atoms with Crippen molar-refractivity contribution in [2.75, 3.05) is 0 Å². The molecule has 0 amide bonds. The second-order valence-electron chi connectivity index (χ2n) is 4.34. The number of hydrogen-bond donors (Lipinski definition) is 1. The molecule has 1 aromatic carbocycles. The molecular formula is C13H13ClN2S. The SMILES string of the molecule is NC1CCCc2nc(-c3ccc(Cl)cc3)sc21. The predicted octanol–water partition coefficient (Wildman–Crippen LogP) is 3.80. The smallest absolute Gasteiger partial charge is 0.123 e. The Hall–Kier alpha value is -0.900. The topological polar surface area (TPSA) is 38.9 Å². The molecule has 1 atom stereocenters. The highest BCUT2D eigenvalue weighted by Crippen LogP contribution is 2.36. The maximum absolute atomic E-state index is 6.11. The van der Waals surface area contributed by atoms with Crippen molar-refractivity contribution in [2.45, 2.75) is 25.3 Å². The molecule has 2 nitrogen and oxygen atoms in total. The third-order valence-corrected chi connectivity index (χ3v) is 4.61. The Balaban J connectivity index is 2.02. The number of rotatable bonds is 1. The second kappa shape index (κ2) is 4.41. The van der Waals surface area contributed by atoms with Crippen LogP contribution >= 0.6 is 22.9 Å². The minimum atomic E-state index is 0.178. The standard InChI is InChI=1S/C13H13ClN2S/c14-9-6-4-8(5-7-9)13-16-11-3-1-2-10(15)12(11)17-13/h4-7,10H,1-3,15H2. The fourth-order valence-electron chi connectivity index (χ4n) is 2.17. The molecule has 1 heterocycles. The van der Waals surface area contributed by atoms with Crippen LogP contribution in [0.25, 0.3) is 10.6 Å². The molecule has 88 valence electrons. The van der Waals surface area contributed by atoms with Gasteiger partial charge in [-0.1, -0.05) is 23.7 Å². The van der Waals surface area contributed by atoms with Gasteiger partial charge in [0.15, 0.2) is 0 Å². The Labute approximate surface area is 109 Å². The van der Waals surface area contributed by atoms with E-state index in [1.807, 2.05) is 24.3 Å². The molecule has 17 heavy (non-hydrogen) atoms. The van der Waals surface area contributed by atoms with Gasteiger partial charge in [-0.15, -0.1) is 11.3 Å². The first-order chi connectivity index (χ1) is 8.24. The summed E-state index contributed by atoms with van der Waals surface area (Å²) in [5, 5.41) is 1.82. The Morgan fingerprint density at radius 2 is 2.06 bits per heavy atom. The first-order valence-electron chi connectivity index (χ1n) is 5.75. The predicted molar refractivity (Wildman–Crippen MR) is 72.4 cm³/mol. The van der Waals surface area contributed by atoms with Gasteiger partial charge < -0.3 is 5.73 Å². The van der Waals surface area contributed by atoms with Gasteiger partial charge in [0.25, 0.3) is 0 Å². The van der Waals surface area contributed by atoms with Gasteiger partial charge in [0.2, 0.25) is 0 Å². The van der Waals surface area contributed by atoms with Crippen LogP contribution in [-0.4, -0.2) is 4.98 Å². The third kappa shape index (κ3) is 2.10. The van der Waals surface area contributed by atoms with Crippen LogP contribution in [0.2, 0.25) is 5.02 Å². The zero-order valence-corrected chi connectivity index (χ0v) is 10.9. The molecule has 2 N–H and O–H groups in total. The minimum absolute atomic E-state index is 0.178. The summed E-state index contributed by atoms with van der Waals surface area (Å²) in [5.74, 6) is 0. The minimum Gasteiger partial charge on any atom is -0.323 e. The molecule has 0 bridgehead atoms. The zero-order chi connectivity index (χ0) is 11.8. The van der Waals surface area contributed by atoms with Gasteiger partial charge in [0, 0.05) is 21.5 Å². The summed E-state index contributed by atoms with van der Waals surface area (Å²) >= 11 is 7.61. The van der Waals surface area contributed by atoms with Gasteiger partial charge in [-0.25, -0.2) is 4.98 Å². The number of hydrogen-bond acceptors (Lipinski definition) is 3. The lowest BCUT2D eigenvalue weighted by Gasteiger charge is -2.15. The molecule has 4 heteroatoms. The fraction of sp³-hybridized carbons (Fsp3) is 0.308. The van der Waals surface area contributed by atoms with Crippen LogP contribution in [0.3, 0.4) is 0 Å². The highest BCUT2D eigenvalue weighted by molar-refractivity contribution is 7.15. The van der Waals surface area contributed by atoms with Crippen LogP contribution in [0, 0.1) is 0 Å². The lowest BCUT2D eigenvalue weighted by atomic mass is 9.99. The van der Waals surface area contributed by atoms with Gasteiger partial charge in [-0.05, 0) is 31.4 Å². The van der Waals surface area contributed by atoms with Gasteiger partial charge >= 0.3 is 0 Å². The van der Waals surface area contributed by atoms with E-state index in [1.54, 1.807) is 11.3 Å². The van der Waals surface area contributed by atoms with Crippen molar-refractivity contribution in [3.63, 3.8) is 0 Å². The molecule has 0 fully saturated rings. The molecule has 1 aliphatic rings. The van der Waals surface area contributed by atoms with E-state index in [2.05, 4.69) is 0 Å². The zero-order valence-electron chi connectivity index (χ0n) is 9.32. The summed E-state index contributed by atoms with van der Waals surface area (Å²) in [6.07, 6.45) is 3.29. The van der Waals surface area contributed by atoms with Crippen LogP contribution in [0.4, 0.5) is 0 Å². The van der Waals surface area contributed by atoms with Crippen LogP contribution in [0.1, 0.15) is 29.5 Å². The average molecular weight is 265 g/mol. The summed E-state index contributed by atoms with van der Waals surface area (Å²) < 4.78 is 0. The van der Waals surface area contributed by atoms with Crippen molar-refractivity contribution in [1.82, 2.24) is 4.98 Å². The lowest BCUT2D eigenvalue weighted by molar-refractivity contribution is 0.573. The number of aromatic nitrogens is 1. The maximum Gasteiger partial charge on any atom is 0.123 e. The van der Waals surface area contributed by atoms with Crippen LogP contribution < -0.4 is 5.73 Å². The van der Waals surface area contributed by atoms with E-state index in [9.17, 15) is 0 Å². The van der Waals surface area contributed by atoms with Crippen molar-refractivity contribution < 1.29 is 0 Å². The molecule has 0 saturated carbocycles.